The van der Waals surface area contributed by atoms with Crippen molar-refractivity contribution in [3.63, 3.8) is 0 Å². The summed E-state index contributed by atoms with van der Waals surface area (Å²) in [4.78, 5) is 0. The Morgan fingerprint density at radius 3 is 2.42 bits per heavy atom. The van der Waals surface area contributed by atoms with E-state index in [1.807, 2.05) is 0 Å². The van der Waals surface area contributed by atoms with Gasteiger partial charge in [-0.15, -0.1) is 0 Å². The van der Waals surface area contributed by atoms with Crippen molar-refractivity contribution in [1.29, 1.82) is 0 Å². The van der Waals surface area contributed by atoms with Crippen molar-refractivity contribution < 1.29 is 4.74 Å². The highest BCUT2D eigenvalue weighted by molar-refractivity contribution is 6.37. The Kier molecular flexibility index (Phi) is 4.30. The quantitative estimate of drug-likeness (QED) is 0.785. The number of ether oxygens (including phenoxy) is 1. The summed E-state index contributed by atoms with van der Waals surface area (Å²) in [5.74, 6) is 0.634. The highest BCUT2D eigenvalue weighted by atomic mass is 35.5. The lowest BCUT2D eigenvalue weighted by Gasteiger charge is -2.14. The molecular weight excluding hydrogens is 307 g/mol. The van der Waals surface area contributed by atoms with Gasteiger partial charge in [-0.1, -0.05) is 34.8 Å². The Morgan fingerprint density at radius 2 is 1.79 bits per heavy atom. The second-order valence-electron chi connectivity index (χ2n) is 3.82. The van der Waals surface area contributed by atoms with Gasteiger partial charge in [-0.05, 0) is 30.3 Å². The summed E-state index contributed by atoms with van der Waals surface area (Å²) >= 11 is 18.0. The lowest BCUT2D eigenvalue weighted by atomic mass is 10.2. The topological polar surface area (TPSA) is 47.3 Å². The van der Waals surface area contributed by atoms with Gasteiger partial charge >= 0.3 is 0 Å². The van der Waals surface area contributed by atoms with Gasteiger partial charge in [0.05, 0.1) is 29.2 Å². The first-order valence-electron chi connectivity index (χ1n) is 5.36. The minimum atomic E-state index is 0.423. The van der Waals surface area contributed by atoms with E-state index in [0.717, 1.165) is 0 Å². The number of methoxy groups -OCH3 is 1. The van der Waals surface area contributed by atoms with Crippen LogP contribution in [0, 0.1) is 0 Å². The molecular formula is C13H11Cl3N2O. The molecule has 0 saturated carbocycles. The predicted molar refractivity (Wildman–Crippen MR) is 82.2 cm³/mol. The van der Waals surface area contributed by atoms with Crippen LogP contribution in [0.5, 0.6) is 5.75 Å². The van der Waals surface area contributed by atoms with Gasteiger partial charge in [-0.2, -0.15) is 0 Å². The van der Waals surface area contributed by atoms with Crippen LogP contribution in [0.4, 0.5) is 17.1 Å². The molecule has 19 heavy (non-hydrogen) atoms. The summed E-state index contributed by atoms with van der Waals surface area (Å²) in [7, 11) is 1.57. The molecule has 2 rings (SSSR count). The van der Waals surface area contributed by atoms with Gasteiger partial charge in [-0.3, -0.25) is 0 Å². The summed E-state index contributed by atoms with van der Waals surface area (Å²) in [6.45, 7) is 0. The molecule has 0 atom stereocenters. The average molecular weight is 318 g/mol. The van der Waals surface area contributed by atoms with E-state index in [-0.39, 0.29) is 0 Å². The number of anilines is 3. The Hall–Kier alpha value is -1.29. The zero-order chi connectivity index (χ0) is 14.0. The van der Waals surface area contributed by atoms with Crippen LogP contribution in [-0.4, -0.2) is 7.11 Å². The van der Waals surface area contributed by atoms with E-state index in [1.165, 1.54) is 0 Å². The zero-order valence-corrected chi connectivity index (χ0v) is 12.3. The smallest absolute Gasteiger partial charge is 0.142 e. The molecule has 100 valence electrons. The Balaban J connectivity index is 2.44. The molecule has 0 heterocycles. The van der Waals surface area contributed by atoms with E-state index < -0.39 is 0 Å². The molecule has 0 amide bonds. The van der Waals surface area contributed by atoms with Gasteiger partial charge in [0.25, 0.3) is 0 Å². The third-order valence-electron chi connectivity index (χ3n) is 2.51. The molecule has 0 aliphatic heterocycles. The monoisotopic (exact) mass is 316 g/mol. The van der Waals surface area contributed by atoms with Crippen molar-refractivity contribution in [3.8, 4) is 5.75 Å². The maximum absolute atomic E-state index is 6.12. The van der Waals surface area contributed by atoms with Crippen molar-refractivity contribution in [1.82, 2.24) is 0 Å². The molecule has 0 bridgehead atoms. The number of nitrogen functional groups attached to an aromatic ring is 1. The van der Waals surface area contributed by atoms with Gasteiger partial charge in [0, 0.05) is 10.0 Å². The molecule has 2 aromatic carbocycles. The maximum Gasteiger partial charge on any atom is 0.142 e. The fourth-order valence-corrected chi connectivity index (χ4v) is 2.37. The molecule has 0 aliphatic rings. The van der Waals surface area contributed by atoms with Gasteiger partial charge in [0.15, 0.2) is 0 Å². The highest BCUT2D eigenvalue weighted by Crippen LogP contribution is 2.37. The molecule has 0 aliphatic carbocycles. The molecule has 2 aromatic rings. The number of nitrogens with two attached hydrogens (primary N) is 1. The van der Waals surface area contributed by atoms with Gasteiger partial charge in [0.2, 0.25) is 0 Å². The van der Waals surface area contributed by atoms with Crippen molar-refractivity contribution in [3.05, 3.63) is 45.4 Å². The molecule has 0 unspecified atom stereocenters. The molecule has 0 saturated heterocycles. The van der Waals surface area contributed by atoms with E-state index in [4.69, 9.17) is 45.3 Å². The van der Waals surface area contributed by atoms with E-state index in [9.17, 15) is 0 Å². The van der Waals surface area contributed by atoms with Crippen molar-refractivity contribution in [2.75, 3.05) is 18.2 Å². The van der Waals surface area contributed by atoms with Crippen LogP contribution in [0.25, 0.3) is 0 Å². The van der Waals surface area contributed by atoms with Gasteiger partial charge in [-0.25, -0.2) is 0 Å². The molecule has 3 N–H and O–H groups in total. The first-order valence-corrected chi connectivity index (χ1v) is 6.49. The predicted octanol–water partition coefficient (Wildman–Crippen LogP) is 4.98. The lowest BCUT2D eigenvalue weighted by molar-refractivity contribution is 0.417. The number of nitrogens with one attached hydrogen (secondary N) is 1. The van der Waals surface area contributed by atoms with Crippen molar-refractivity contribution >= 4 is 51.9 Å². The van der Waals surface area contributed by atoms with Crippen LogP contribution < -0.4 is 15.8 Å². The van der Waals surface area contributed by atoms with Crippen molar-refractivity contribution in [2.24, 2.45) is 0 Å². The fourth-order valence-electron chi connectivity index (χ4n) is 1.64. The summed E-state index contributed by atoms with van der Waals surface area (Å²) in [6, 6.07) is 8.44. The highest BCUT2D eigenvalue weighted by Gasteiger charge is 2.10. The Labute approximate surface area is 126 Å². The molecule has 6 heteroatoms. The fraction of sp³-hybridized carbons (Fsp3) is 0.0769. The Morgan fingerprint density at radius 1 is 1.05 bits per heavy atom. The number of rotatable bonds is 3. The Bertz CT molecular complexity index is 594. The second-order valence-corrected chi connectivity index (χ2v) is 5.10. The molecule has 0 spiro atoms. The zero-order valence-electron chi connectivity index (χ0n) is 10.0. The van der Waals surface area contributed by atoms with Crippen LogP contribution in [0.2, 0.25) is 15.1 Å². The summed E-state index contributed by atoms with van der Waals surface area (Å²) in [6.07, 6.45) is 0. The van der Waals surface area contributed by atoms with Crippen molar-refractivity contribution in [2.45, 2.75) is 0 Å². The van der Waals surface area contributed by atoms with Gasteiger partial charge < -0.3 is 15.8 Å². The van der Waals surface area contributed by atoms with E-state index in [2.05, 4.69) is 5.32 Å². The number of benzene rings is 2. The second kappa shape index (κ2) is 5.78. The minimum Gasteiger partial charge on any atom is -0.495 e. The summed E-state index contributed by atoms with van der Waals surface area (Å²) in [5, 5.41) is 4.58. The molecule has 3 nitrogen and oxygen atoms in total. The van der Waals surface area contributed by atoms with Crippen LogP contribution in [0.15, 0.2) is 30.3 Å². The van der Waals surface area contributed by atoms with E-state index in [0.29, 0.717) is 37.9 Å². The minimum absolute atomic E-state index is 0.423. The maximum atomic E-state index is 6.12. The van der Waals surface area contributed by atoms with Crippen LogP contribution in [0.3, 0.4) is 0 Å². The number of hydrogen-bond acceptors (Lipinski definition) is 3. The number of hydrogen-bond donors (Lipinski definition) is 2. The van der Waals surface area contributed by atoms with E-state index in [1.54, 1.807) is 37.4 Å². The first kappa shape index (κ1) is 14.1. The average Bonchev–Trinajstić information content (AvgIpc) is 2.34. The summed E-state index contributed by atoms with van der Waals surface area (Å²) < 4.78 is 5.24. The third-order valence-corrected chi connectivity index (χ3v) is 3.26. The van der Waals surface area contributed by atoms with E-state index >= 15 is 0 Å². The van der Waals surface area contributed by atoms with Crippen LogP contribution in [-0.2, 0) is 0 Å². The normalized spacial score (nSPS) is 10.3. The molecule has 0 fully saturated rings. The van der Waals surface area contributed by atoms with Crippen LogP contribution in [0.1, 0.15) is 0 Å². The third kappa shape index (κ3) is 3.18. The molecule has 0 aromatic heterocycles. The molecule has 0 radical (unpaired) electrons. The summed E-state index contributed by atoms with van der Waals surface area (Å²) in [5.41, 5.74) is 7.57. The standard InChI is InChI=1S/C13H11Cl3N2O/c1-19-12-3-2-7(14)6-11(12)18-13-9(16)4-8(15)5-10(13)17/h2-6,18H,17H2,1H3. The number of halogens is 3. The van der Waals surface area contributed by atoms with Gasteiger partial charge in [0.1, 0.15) is 5.75 Å². The SMILES string of the molecule is COc1ccc(Cl)cc1Nc1c(N)cc(Cl)cc1Cl. The largest absolute Gasteiger partial charge is 0.495 e. The lowest BCUT2D eigenvalue weighted by Crippen LogP contribution is -1.99. The van der Waals surface area contributed by atoms with Crippen LogP contribution >= 0.6 is 34.8 Å². The first-order chi connectivity index (χ1) is 9.01.